The first-order chi connectivity index (χ1) is 9.21. The van der Waals surface area contributed by atoms with E-state index < -0.39 is 5.97 Å². The molecule has 1 aromatic carbocycles. The number of aryl methyl sites for hydroxylation is 1. The van der Waals surface area contributed by atoms with Gasteiger partial charge in [0.05, 0.1) is 5.56 Å². The summed E-state index contributed by atoms with van der Waals surface area (Å²) in [6.45, 7) is 10.3. The summed E-state index contributed by atoms with van der Waals surface area (Å²) in [4.78, 5) is 11.2. The minimum Gasteiger partial charge on any atom is -0.478 e. The molecule has 0 saturated heterocycles. The topological polar surface area (TPSA) is 42.2 Å². The van der Waals surface area contributed by atoms with E-state index in [0.29, 0.717) is 5.56 Å². The molecule has 0 unspecified atom stereocenters. The molecule has 0 fully saturated rings. The van der Waals surface area contributed by atoms with Crippen molar-refractivity contribution in [3.05, 3.63) is 52.8 Å². The SMILES string of the molecule is Cc1cc(C(=O)O)c(C)n1-c1ccc(C(C)(C)C)cc1. The highest BCUT2D eigenvalue weighted by molar-refractivity contribution is 5.89. The van der Waals surface area contributed by atoms with Crippen LogP contribution in [0.1, 0.15) is 48.1 Å². The molecule has 2 aromatic rings. The number of carboxylic acids is 1. The lowest BCUT2D eigenvalue weighted by Gasteiger charge is -2.19. The molecule has 2 rings (SSSR count). The fraction of sp³-hybridized carbons (Fsp3) is 0.353. The fourth-order valence-electron chi connectivity index (χ4n) is 2.49. The lowest BCUT2D eigenvalue weighted by atomic mass is 9.87. The Balaban J connectivity index is 2.50. The van der Waals surface area contributed by atoms with Crippen molar-refractivity contribution in [2.75, 3.05) is 0 Å². The van der Waals surface area contributed by atoms with Crippen LogP contribution in [0.15, 0.2) is 30.3 Å². The zero-order chi connectivity index (χ0) is 15.1. The molecule has 0 aliphatic heterocycles. The van der Waals surface area contributed by atoms with Gasteiger partial charge in [-0.3, -0.25) is 0 Å². The van der Waals surface area contributed by atoms with Crippen LogP contribution in [0.25, 0.3) is 5.69 Å². The van der Waals surface area contributed by atoms with Crippen LogP contribution >= 0.6 is 0 Å². The third kappa shape index (κ3) is 2.48. The fourth-order valence-corrected chi connectivity index (χ4v) is 2.49. The average molecular weight is 271 g/mol. The molecule has 1 N–H and O–H groups in total. The number of carbonyl (C=O) groups is 1. The number of aromatic nitrogens is 1. The molecule has 0 amide bonds. The van der Waals surface area contributed by atoms with Crippen LogP contribution in [-0.2, 0) is 5.41 Å². The molecular weight excluding hydrogens is 250 g/mol. The second kappa shape index (κ2) is 4.82. The van der Waals surface area contributed by atoms with Gasteiger partial charge in [0, 0.05) is 17.1 Å². The van der Waals surface area contributed by atoms with Gasteiger partial charge in [0.1, 0.15) is 0 Å². The van der Waals surface area contributed by atoms with Crippen LogP contribution in [0.2, 0.25) is 0 Å². The van der Waals surface area contributed by atoms with Gasteiger partial charge >= 0.3 is 5.97 Å². The smallest absolute Gasteiger partial charge is 0.337 e. The van der Waals surface area contributed by atoms with Gasteiger partial charge in [-0.2, -0.15) is 0 Å². The van der Waals surface area contributed by atoms with E-state index in [9.17, 15) is 9.90 Å². The minimum atomic E-state index is -0.879. The monoisotopic (exact) mass is 271 g/mol. The van der Waals surface area contributed by atoms with Gasteiger partial charge in [0.2, 0.25) is 0 Å². The molecule has 1 heterocycles. The largest absolute Gasteiger partial charge is 0.478 e. The van der Waals surface area contributed by atoms with Crippen molar-refractivity contribution in [2.45, 2.75) is 40.0 Å². The third-order valence-corrected chi connectivity index (χ3v) is 3.65. The molecule has 20 heavy (non-hydrogen) atoms. The number of rotatable bonds is 2. The number of hydrogen-bond acceptors (Lipinski definition) is 1. The van der Waals surface area contributed by atoms with Gasteiger partial charge in [-0.05, 0) is 43.0 Å². The molecule has 0 spiro atoms. The van der Waals surface area contributed by atoms with E-state index in [1.54, 1.807) is 6.07 Å². The molecule has 0 aliphatic carbocycles. The van der Waals surface area contributed by atoms with Crippen LogP contribution in [0.5, 0.6) is 0 Å². The van der Waals surface area contributed by atoms with Crippen molar-refractivity contribution in [1.29, 1.82) is 0 Å². The van der Waals surface area contributed by atoms with E-state index in [0.717, 1.165) is 17.1 Å². The lowest BCUT2D eigenvalue weighted by molar-refractivity contribution is 0.0696. The zero-order valence-electron chi connectivity index (χ0n) is 12.7. The maximum absolute atomic E-state index is 11.2. The molecule has 3 heteroatoms. The Kier molecular flexibility index (Phi) is 3.46. The third-order valence-electron chi connectivity index (χ3n) is 3.65. The average Bonchev–Trinajstić information content (AvgIpc) is 2.64. The first-order valence-electron chi connectivity index (χ1n) is 6.75. The molecule has 0 saturated carbocycles. The van der Waals surface area contributed by atoms with E-state index in [2.05, 4.69) is 32.9 Å². The summed E-state index contributed by atoms with van der Waals surface area (Å²) in [5.74, 6) is -0.879. The zero-order valence-corrected chi connectivity index (χ0v) is 12.7. The van der Waals surface area contributed by atoms with Crippen molar-refractivity contribution >= 4 is 5.97 Å². The van der Waals surface area contributed by atoms with Gasteiger partial charge in [-0.15, -0.1) is 0 Å². The number of carboxylic acid groups (broad SMARTS) is 1. The van der Waals surface area contributed by atoms with Gasteiger partial charge in [-0.1, -0.05) is 32.9 Å². The molecule has 0 aliphatic rings. The highest BCUT2D eigenvalue weighted by Crippen LogP contribution is 2.25. The van der Waals surface area contributed by atoms with Gasteiger partial charge in [0.15, 0.2) is 0 Å². The van der Waals surface area contributed by atoms with Crippen molar-refractivity contribution in [3.8, 4) is 5.69 Å². The number of nitrogens with zero attached hydrogens (tertiary/aromatic N) is 1. The van der Waals surface area contributed by atoms with Crippen LogP contribution < -0.4 is 0 Å². The Morgan fingerprint density at radius 1 is 1.10 bits per heavy atom. The van der Waals surface area contributed by atoms with Crippen LogP contribution in [0, 0.1) is 13.8 Å². The Hall–Kier alpha value is -2.03. The highest BCUT2D eigenvalue weighted by atomic mass is 16.4. The van der Waals surface area contributed by atoms with E-state index >= 15 is 0 Å². The first kappa shape index (κ1) is 14.4. The Bertz CT molecular complexity index is 643. The van der Waals surface area contributed by atoms with E-state index in [1.165, 1.54) is 5.56 Å². The molecular formula is C17H21NO2. The van der Waals surface area contributed by atoms with Crippen molar-refractivity contribution < 1.29 is 9.90 Å². The van der Waals surface area contributed by atoms with Crippen LogP contribution in [0.4, 0.5) is 0 Å². The molecule has 0 bridgehead atoms. The predicted octanol–water partition coefficient (Wildman–Crippen LogP) is 4.09. The maximum Gasteiger partial charge on any atom is 0.337 e. The number of hydrogen-bond donors (Lipinski definition) is 1. The summed E-state index contributed by atoms with van der Waals surface area (Å²) in [6.07, 6.45) is 0. The number of aromatic carboxylic acids is 1. The van der Waals surface area contributed by atoms with Crippen molar-refractivity contribution in [1.82, 2.24) is 4.57 Å². The number of benzene rings is 1. The maximum atomic E-state index is 11.2. The summed E-state index contributed by atoms with van der Waals surface area (Å²) in [7, 11) is 0. The first-order valence-corrected chi connectivity index (χ1v) is 6.75. The minimum absolute atomic E-state index is 0.117. The standard InChI is InChI=1S/C17H21NO2/c1-11-10-15(16(19)20)12(2)18(11)14-8-6-13(7-9-14)17(3,4)5/h6-10H,1-5H3,(H,19,20). The summed E-state index contributed by atoms with van der Waals surface area (Å²) in [5, 5.41) is 9.19. The van der Waals surface area contributed by atoms with Crippen LogP contribution in [0.3, 0.4) is 0 Å². The molecule has 0 atom stereocenters. The van der Waals surface area contributed by atoms with Crippen molar-refractivity contribution in [2.24, 2.45) is 0 Å². The second-order valence-corrected chi connectivity index (χ2v) is 6.22. The van der Waals surface area contributed by atoms with Crippen LogP contribution in [-0.4, -0.2) is 15.6 Å². The molecule has 3 nitrogen and oxygen atoms in total. The molecule has 106 valence electrons. The molecule has 1 aromatic heterocycles. The summed E-state index contributed by atoms with van der Waals surface area (Å²) in [5.41, 5.74) is 4.44. The van der Waals surface area contributed by atoms with Gasteiger partial charge < -0.3 is 9.67 Å². The summed E-state index contributed by atoms with van der Waals surface area (Å²) in [6, 6.07) is 10.0. The van der Waals surface area contributed by atoms with Crippen molar-refractivity contribution in [3.63, 3.8) is 0 Å². The Morgan fingerprint density at radius 3 is 2.05 bits per heavy atom. The van der Waals surface area contributed by atoms with E-state index in [4.69, 9.17) is 0 Å². The second-order valence-electron chi connectivity index (χ2n) is 6.22. The van der Waals surface area contributed by atoms with E-state index in [1.807, 2.05) is 30.5 Å². The lowest BCUT2D eigenvalue weighted by Crippen LogP contribution is -2.11. The van der Waals surface area contributed by atoms with E-state index in [-0.39, 0.29) is 5.41 Å². The highest BCUT2D eigenvalue weighted by Gasteiger charge is 2.17. The summed E-state index contributed by atoms with van der Waals surface area (Å²) < 4.78 is 1.98. The van der Waals surface area contributed by atoms with Gasteiger partial charge in [0.25, 0.3) is 0 Å². The normalized spacial score (nSPS) is 11.7. The molecule has 0 radical (unpaired) electrons. The quantitative estimate of drug-likeness (QED) is 0.894. The van der Waals surface area contributed by atoms with Gasteiger partial charge in [-0.25, -0.2) is 4.79 Å². The Morgan fingerprint density at radius 2 is 1.65 bits per heavy atom. The Labute approximate surface area is 119 Å². The predicted molar refractivity (Wildman–Crippen MR) is 80.9 cm³/mol. The summed E-state index contributed by atoms with van der Waals surface area (Å²) >= 11 is 0.